The molecule has 0 saturated heterocycles. The molecule has 0 saturated carbocycles. The van der Waals surface area contributed by atoms with E-state index in [0.29, 0.717) is 0 Å². The summed E-state index contributed by atoms with van der Waals surface area (Å²) < 4.78 is 2.23. The van der Waals surface area contributed by atoms with Gasteiger partial charge in [-0.05, 0) is 30.7 Å². The Morgan fingerprint density at radius 1 is 1.05 bits per heavy atom. The molecule has 0 fully saturated rings. The zero-order valence-corrected chi connectivity index (χ0v) is 12.0. The molecule has 0 spiro atoms. The van der Waals surface area contributed by atoms with E-state index in [1.54, 1.807) is 13.0 Å². The lowest BCUT2D eigenvalue weighted by atomic mass is 10.1. The molecule has 0 N–H and O–H groups in total. The summed E-state index contributed by atoms with van der Waals surface area (Å²) in [5.74, 6) is 0.0647. The Kier molecular flexibility index (Phi) is 3.69. The predicted molar refractivity (Wildman–Crippen MR) is 87.2 cm³/mol. The molecule has 0 bridgehead atoms. The lowest BCUT2D eigenvalue weighted by Gasteiger charge is -2.05. The van der Waals surface area contributed by atoms with E-state index in [1.807, 2.05) is 24.3 Å². The maximum atomic E-state index is 11.2. The summed E-state index contributed by atoms with van der Waals surface area (Å²) in [6.45, 7) is 2.40. The number of ketones is 1. The summed E-state index contributed by atoms with van der Waals surface area (Å²) in [6, 6.07) is 18.7. The predicted octanol–water partition coefficient (Wildman–Crippen LogP) is 4.29. The van der Waals surface area contributed by atoms with Crippen molar-refractivity contribution in [3.05, 3.63) is 78.0 Å². The van der Waals surface area contributed by atoms with Gasteiger partial charge in [0.25, 0.3) is 0 Å². The number of fused-ring (bicyclic) bond motifs is 1. The van der Waals surface area contributed by atoms with Crippen molar-refractivity contribution >= 4 is 22.8 Å². The average molecular weight is 275 g/mol. The molecule has 2 heteroatoms. The van der Waals surface area contributed by atoms with Gasteiger partial charge in [-0.3, -0.25) is 4.79 Å². The molecule has 1 heterocycles. The molecule has 3 rings (SSSR count). The highest BCUT2D eigenvalue weighted by molar-refractivity contribution is 5.96. The summed E-state index contributed by atoms with van der Waals surface area (Å²) in [4.78, 5) is 11.2. The normalized spacial score (nSPS) is 11.3. The minimum Gasteiger partial charge on any atom is -0.342 e. The highest BCUT2D eigenvalue weighted by Gasteiger charge is 2.06. The first-order valence-electron chi connectivity index (χ1n) is 7.04. The van der Waals surface area contributed by atoms with Crippen molar-refractivity contribution in [2.75, 3.05) is 0 Å². The van der Waals surface area contributed by atoms with Crippen molar-refractivity contribution in [3.63, 3.8) is 0 Å². The minimum atomic E-state index is 0.0647. The third kappa shape index (κ3) is 2.95. The molecule has 2 aromatic carbocycles. The Hall–Kier alpha value is -2.61. The van der Waals surface area contributed by atoms with Gasteiger partial charge in [-0.25, -0.2) is 0 Å². The van der Waals surface area contributed by atoms with Crippen molar-refractivity contribution in [2.24, 2.45) is 0 Å². The second-order valence-electron chi connectivity index (χ2n) is 5.16. The summed E-state index contributed by atoms with van der Waals surface area (Å²) in [6.07, 6.45) is 5.62. The van der Waals surface area contributed by atoms with Crippen LogP contribution >= 0.6 is 0 Å². The second kappa shape index (κ2) is 5.80. The van der Waals surface area contributed by atoms with Crippen LogP contribution in [0.4, 0.5) is 0 Å². The molecular formula is C19H17NO. The number of benzene rings is 2. The van der Waals surface area contributed by atoms with E-state index in [0.717, 1.165) is 12.1 Å². The second-order valence-corrected chi connectivity index (χ2v) is 5.16. The van der Waals surface area contributed by atoms with Gasteiger partial charge in [0.05, 0.1) is 0 Å². The molecule has 0 radical (unpaired) electrons. The molecule has 0 unspecified atom stereocenters. The lowest BCUT2D eigenvalue weighted by Crippen LogP contribution is -1.97. The monoisotopic (exact) mass is 275 g/mol. The van der Waals surface area contributed by atoms with E-state index in [9.17, 15) is 4.79 Å². The molecule has 3 aromatic rings. The maximum Gasteiger partial charge on any atom is 0.152 e. The number of para-hydroxylation sites is 1. The van der Waals surface area contributed by atoms with Crippen molar-refractivity contribution < 1.29 is 4.79 Å². The molecule has 0 amide bonds. The number of aromatic nitrogens is 1. The van der Waals surface area contributed by atoms with Crippen molar-refractivity contribution in [1.82, 2.24) is 4.57 Å². The summed E-state index contributed by atoms with van der Waals surface area (Å²) in [5.41, 5.74) is 3.53. The molecule has 0 aliphatic rings. The Balaban J connectivity index is 2.05. The van der Waals surface area contributed by atoms with Crippen LogP contribution < -0.4 is 0 Å². The summed E-state index contributed by atoms with van der Waals surface area (Å²) in [7, 11) is 0. The molecule has 2 nitrogen and oxygen atoms in total. The van der Waals surface area contributed by atoms with E-state index in [1.165, 1.54) is 16.5 Å². The highest BCUT2D eigenvalue weighted by atomic mass is 16.1. The molecule has 104 valence electrons. The van der Waals surface area contributed by atoms with E-state index in [4.69, 9.17) is 0 Å². The fraction of sp³-hybridized carbons (Fsp3) is 0.105. The number of rotatable bonds is 4. The van der Waals surface area contributed by atoms with Gasteiger partial charge in [0.15, 0.2) is 5.78 Å². The van der Waals surface area contributed by atoms with E-state index >= 15 is 0 Å². The van der Waals surface area contributed by atoms with Crippen LogP contribution in [-0.2, 0) is 11.3 Å². The number of allylic oxidation sites excluding steroid dienone is 1. The number of carbonyl (C=O) groups is 1. The third-order valence-corrected chi connectivity index (χ3v) is 3.51. The van der Waals surface area contributed by atoms with E-state index in [-0.39, 0.29) is 5.78 Å². The fourth-order valence-corrected chi connectivity index (χ4v) is 2.53. The smallest absolute Gasteiger partial charge is 0.152 e. The zero-order valence-electron chi connectivity index (χ0n) is 12.0. The van der Waals surface area contributed by atoms with Crippen molar-refractivity contribution in [2.45, 2.75) is 13.5 Å². The van der Waals surface area contributed by atoms with Gasteiger partial charge in [-0.15, -0.1) is 0 Å². The molecule has 0 aliphatic carbocycles. The lowest BCUT2D eigenvalue weighted by molar-refractivity contribution is -0.112. The van der Waals surface area contributed by atoms with Crippen LogP contribution in [0.1, 0.15) is 18.1 Å². The average Bonchev–Trinajstić information content (AvgIpc) is 2.85. The van der Waals surface area contributed by atoms with Gasteiger partial charge in [0.1, 0.15) is 0 Å². The number of hydrogen-bond acceptors (Lipinski definition) is 1. The van der Waals surface area contributed by atoms with Crippen LogP contribution in [0.25, 0.3) is 17.0 Å². The number of nitrogens with zero attached hydrogens (tertiary/aromatic N) is 1. The number of carbonyl (C=O) groups excluding carboxylic acids is 1. The van der Waals surface area contributed by atoms with E-state index in [2.05, 4.69) is 47.2 Å². The van der Waals surface area contributed by atoms with Gasteiger partial charge < -0.3 is 4.57 Å². The SMILES string of the molecule is CC(=O)/C=C/c1cn(Cc2ccccc2)c2ccccc12. The zero-order chi connectivity index (χ0) is 14.7. The Morgan fingerprint density at radius 2 is 1.76 bits per heavy atom. The molecule has 0 atom stereocenters. The van der Waals surface area contributed by atoms with Gasteiger partial charge in [0.2, 0.25) is 0 Å². The maximum absolute atomic E-state index is 11.2. The first-order chi connectivity index (χ1) is 10.2. The van der Waals surface area contributed by atoms with Gasteiger partial charge in [0, 0.05) is 29.2 Å². The van der Waals surface area contributed by atoms with Gasteiger partial charge in [-0.2, -0.15) is 0 Å². The third-order valence-electron chi connectivity index (χ3n) is 3.51. The van der Waals surface area contributed by atoms with Crippen LogP contribution in [-0.4, -0.2) is 10.4 Å². The fourth-order valence-electron chi connectivity index (χ4n) is 2.53. The van der Waals surface area contributed by atoms with Crippen LogP contribution in [0.2, 0.25) is 0 Å². The largest absolute Gasteiger partial charge is 0.342 e. The Morgan fingerprint density at radius 3 is 2.52 bits per heavy atom. The Labute approximate surface area is 124 Å². The van der Waals surface area contributed by atoms with Crippen LogP contribution in [0.3, 0.4) is 0 Å². The molecular weight excluding hydrogens is 258 g/mol. The van der Waals surface area contributed by atoms with Crippen LogP contribution in [0.5, 0.6) is 0 Å². The topological polar surface area (TPSA) is 22.0 Å². The van der Waals surface area contributed by atoms with Crippen molar-refractivity contribution in [3.8, 4) is 0 Å². The van der Waals surface area contributed by atoms with Gasteiger partial charge >= 0.3 is 0 Å². The summed E-state index contributed by atoms with van der Waals surface area (Å²) >= 11 is 0. The quantitative estimate of drug-likeness (QED) is 0.651. The van der Waals surface area contributed by atoms with E-state index < -0.39 is 0 Å². The molecule has 1 aromatic heterocycles. The minimum absolute atomic E-state index is 0.0647. The van der Waals surface area contributed by atoms with Crippen LogP contribution in [0, 0.1) is 0 Å². The van der Waals surface area contributed by atoms with Crippen molar-refractivity contribution in [1.29, 1.82) is 0 Å². The molecule has 0 aliphatic heterocycles. The number of hydrogen-bond donors (Lipinski definition) is 0. The Bertz CT molecular complexity index is 797. The first kappa shape index (κ1) is 13.4. The standard InChI is InChI=1S/C19H17NO/c1-15(21)11-12-17-14-20(13-16-7-3-2-4-8-16)19-10-6-5-9-18(17)19/h2-12,14H,13H2,1H3/b12-11+. The summed E-state index contributed by atoms with van der Waals surface area (Å²) in [5, 5.41) is 1.17. The van der Waals surface area contributed by atoms with Crippen LogP contribution in [0.15, 0.2) is 66.9 Å². The molecule has 21 heavy (non-hydrogen) atoms. The first-order valence-corrected chi connectivity index (χ1v) is 7.04. The van der Waals surface area contributed by atoms with Gasteiger partial charge in [-0.1, -0.05) is 48.5 Å². The highest BCUT2D eigenvalue weighted by Crippen LogP contribution is 2.23.